The first-order chi connectivity index (χ1) is 16.1. The number of benzene rings is 3. The molecule has 0 unspecified atom stereocenters. The second kappa shape index (κ2) is 8.70. The molecule has 0 aliphatic carbocycles. The lowest BCUT2D eigenvalue weighted by atomic mass is 10.00. The highest BCUT2D eigenvalue weighted by Gasteiger charge is 2.31. The molecule has 1 N–H and O–H groups in total. The maximum absolute atomic E-state index is 13.1. The number of hydrogen-bond donors (Lipinski definition) is 1. The Bertz CT molecular complexity index is 1310. The summed E-state index contributed by atoms with van der Waals surface area (Å²) in [4.78, 5) is 14.9. The summed E-state index contributed by atoms with van der Waals surface area (Å²) in [5.41, 5.74) is 5.95. The predicted molar refractivity (Wildman–Crippen MR) is 129 cm³/mol. The van der Waals surface area contributed by atoms with Gasteiger partial charge in [-0.1, -0.05) is 83.5 Å². The number of amides is 1. The lowest BCUT2D eigenvalue weighted by Gasteiger charge is -2.32. The van der Waals surface area contributed by atoms with Crippen molar-refractivity contribution in [1.82, 2.24) is 20.2 Å². The molecule has 1 aromatic heterocycles. The van der Waals surface area contributed by atoms with Crippen molar-refractivity contribution in [1.29, 1.82) is 0 Å². The van der Waals surface area contributed by atoms with Gasteiger partial charge in [-0.05, 0) is 53.1 Å². The number of carbonyl (C=O) groups is 1. The smallest absolute Gasteiger partial charge is 0.251 e. The second-order valence-corrected chi connectivity index (χ2v) is 8.15. The topological polar surface area (TPSA) is 75.9 Å². The molecule has 2 heterocycles. The summed E-state index contributed by atoms with van der Waals surface area (Å²) in [6.07, 6.45) is 2.12. The number of nitrogens with one attached hydrogen (secondary N) is 1. The van der Waals surface area contributed by atoms with Gasteiger partial charge in [-0.25, -0.2) is 0 Å². The van der Waals surface area contributed by atoms with Crippen molar-refractivity contribution >= 4 is 23.2 Å². The fraction of sp³-hybridized carbons (Fsp3) is 0.154. The van der Waals surface area contributed by atoms with E-state index in [4.69, 9.17) is 0 Å². The molecule has 0 bridgehead atoms. The fourth-order valence-corrected chi connectivity index (χ4v) is 4.03. The summed E-state index contributed by atoms with van der Waals surface area (Å²) in [7, 11) is 0. The Morgan fingerprint density at radius 3 is 2.42 bits per heavy atom. The van der Waals surface area contributed by atoms with Gasteiger partial charge >= 0.3 is 0 Å². The van der Waals surface area contributed by atoms with E-state index in [9.17, 15) is 4.79 Å². The van der Waals surface area contributed by atoms with Crippen LogP contribution in [0.2, 0.25) is 0 Å². The first kappa shape index (κ1) is 20.6. The fourth-order valence-electron chi connectivity index (χ4n) is 4.03. The minimum atomic E-state index is -0.179. The molecule has 7 nitrogen and oxygen atoms in total. The van der Waals surface area contributed by atoms with E-state index in [0.717, 1.165) is 28.1 Å². The van der Waals surface area contributed by atoms with Crippen molar-refractivity contribution in [3.05, 3.63) is 107 Å². The number of carbonyl (C=O) groups excluding carboxylic acids is 1. The predicted octanol–water partition coefficient (Wildman–Crippen LogP) is 4.38. The Balaban J connectivity index is 1.53. The van der Waals surface area contributed by atoms with Crippen LogP contribution in [0.3, 0.4) is 0 Å². The van der Waals surface area contributed by atoms with Gasteiger partial charge in [0, 0.05) is 5.69 Å². The molecule has 1 atom stereocenters. The van der Waals surface area contributed by atoms with Crippen molar-refractivity contribution in [3.63, 3.8) is 0 Å². The van der Waals surface area contributed by atoms with E-state index in [1.165, 1.54) is 5.56 Å². The summed E-state index contributed by atoms with van der Waals surface area (Å²) in [6.45, 7) is 4.11. The van der Waals surface area contributed by atoms with Crippen LogP contribution in [0, 0.1) is 13.8 Å². The number of aromatic nitrogens is 4. The van der Waals surface area contributed by atoms with E-state index in [1.54, 1.807) is 4.68 Å². The molecule has 33 heavy (non-hydrogen) atoms. The molecule has 3 aromatic carbocycles. The molecule has 0 radical (unpaired) electrons. The van der Waals surface area contributed by atoms with Gasteiger partial charge in [0.05, 0.1) is 5.70 Å². The number of anilines is 2. The Morgan fingerprint density at radius 1 is 0.939 bits per heavy atom. The second-order valence-electron chi connectivity index (χ2n) is 8.15. The molecule has 1 aliphatic rings. The van der Waals surface area contributed by atoms with Crippen LogP contribution in [0.5, 0.6) is 0 Å². The van der Waals surface area contributed by atoms with E-state index in [-0.39, 0.29) is 18.5 Å². The standard InChI is InChI=1S/C26H24N6O/c1-18-12-14-21(15-13-18)24-16-23(20-9-4-3-5-10-20)31(26-28-29-30-32(24)26)17-25(33)27-22-11-7-6-8-19(22)2/h3-16,24H,17H2,1-2H3,(H,27,33)/t24-/m0/s1. The minimum absolute atomic E-state index is 0.0794. The lowest BCUT2D eigenvalue weighted by Crippen LogP contribution is -2.37. The molecule has 1 aliphatic heterocycles. The first-order valence-electron chi connectivity index (χ1n) is 10.8. The zero-order valence-corrected chi connectivity index (χ0v) is 18.5. The van der Waals surface area contributed by atoms with Gasteiger partial charge in [-0.2, -0.15) is 4.68 Å². The molecule has 0 saturated heterocycles. The third kappa shape index (κ3) is 4.13. The van der Waals surface area contributed by atoms with Crippen molar-refractivity contribution in [3.8, 4) is 0 Å². The molecular formula is C26H24N6O. The van der Waals surface area contributed by atoms with Crippen molar-refractivity contribution < 1.29 is 4.79 Å². The van der Waals surface area contributed by atoms with Gasteiger partial charge in [-0.15, -0.1) is 0 Å². The third-order valence-electron chi connectivity index (χ3n) is 5.80. The monoisotopic (exact) mass is 436 g/mol. The van der Waals surface area contributed by atoms with Crippen molar-refractivity contribution in [2.24, 2.45) is 0 Å². The van der Waals surface area contributed by atoms with Crippen LogP contribution < -0.4 is 10.2 Å². The zero-order valence-electron chi connectivity index (χ0n) is 18.5. The molecule has 164 valence electrons. The van der Waals surface area contributed by atoms with Gasteiger partial charge in [0.1, 0.15) is 12.6 Å². The number of para-hydroxylation sites is 1. The molecule has 4 aromatic rings. The van der Waals surface area contributed by atoms with Crippen LogP contribution >= 0.6 is 0 Å². The van der Waals surface area contributed by atoms with Crippen molar-refractivity contribution in [2.75, 3.05) is 16.8 Å². The van der Waals surface area contributed by atoms with E-state index >= 15 is 0 Å². The van der Waals surface area contributed by atoms with Crippen LogP contribution in [-0.2, 0) is 4.79 Å². The van der Waals surface area contributed by atoms with E-state index in [0.29, 0.717) is 5.95 Å². The number of rotatable bonds is 5. The molecule has 0 saturated carbocycles. The van der Waals surface area contributed by atoms with Crippen LogP contribution in [0.25, 0.3) is 5.70 Å². The quantitative estimate of drug-likeness (QED) is 0.503. The largest absolute Gasteiger partial charge is 0.324 e. The highest BCUT2D eigenvalue weighted by atomic mass is 16.2. The molecule has 7 heteroatoms. The highest BCUT2D eigenvalue weighted by Crippen LogP contribution is 2.36. The SMILES string of the molecule is Cc1ccc([C@@H]2C=C(c3ccccc3)N(CC(=O)Nc3ccccc3C)c3nnnn32)cc1. The molecule has 1 amide bonds. The zero-order chi connectivity index (χ0) is 22.8. The van der Waals surface area contributed by atoms with Crippen LogP contribution in [0.1, 0.15) is 28.3 Å². The number of fused-ring (bicyclic) bond motifs is 1. The summed E-state index contributed by atoms with van der Waals surface area (Å²) >= 11 is 0. The summed E-state index contributed by atoms with van der Waals surface area (Å²) in [5.74, 6) is 0.385. The van der Waals surface area contributed by atoms with Gasteiger partial charge < -0.3 is 5.32 Å². The van der Waals surface area contributed by atoms with Gasteiger partial charge in [-0.3, -0.25) is 9.69 Å². The molecule has 0 spiro atoms. The average Bonchev–Trinajstić information content (AvgIpc) is 3.32. The van der Waals surface area contributed by atoms with Crippen LogP contribution in [-0.4, -0.2) is 32.7 Å². The van der Waals surface area contributed by atoms with Crippen LogP contribution in [0.4, 0.5) is 11.6 Å². The average molecular weight is 437 g/mol. The number of allylic oxidation sites excluding steroid dienone is 1. The lowest BCUT2D eigenvalue weighted by molar-refractivity contribution is -0.114. The van der Waals surface area contributed by atoms with E-state index < -0.39 is 0 Å². The van der Waals surface area contributed by atoms with Crippen LogP contribution in [0.15, 0.2) is 84.9 Å². The normalized spacial score (nSPS) is 15.0. The number of nitrogens with zero attached hydrogens (tertiary/aromatic N) is 5. The first-order valence-corrected chi connectivity index (χ1v) is 10.8. The molecule has 0 fully saturated rings. The van der Waals surface area contributed by atoms with Gasteiger partial charge in [0.2, 0.25) is 5.91 Å². The Labute approximate surface area is 192 Å². The van der Waals surface area contributed by atoms with Gasteiger partial charge in [0.15, 0.2) is 0 Å². The molecule has 5 rings (SSSR count). The number of aryl methyl sites for hydroxylation is 2. The Kier molecular flexibility index (Phi) is 5.44. The number of hydrogen-bond acceptors (Lipinski definition) is 5. The third-order valence-corrected chi connectivity index (χ3v) is 5.80. The van der Waals surface area contributed by atoms with Gasteiger partial charge in [0.25, 0.3) is 5.95 Å². The summed E-state index contributed by atoms with van der Waals surface area (Å²) in [6, 6.07) is 25.9. The van der Waals surface area contributed by atoms with E-state index in [1.807, 2.05) is 66.4 Å². The Morgan fingerprint density at radius 2 is 1.67 bits per heavy atom. The highest BCUT2D eigenvalue weighted by molar-refractivity contribution is 5.97. The minimum Gasteiger partial charge on any atom is -0.324 e. The maximum atomic E-state index is 13.1. The Hall–Kier alpha value is -4.26. The number of tetrazole rings is 1. The summed E-state index contributed by atoms with van der Waals surface area (Å²) < 4.78 is 1.76. The molecular weight excluding hydrogens is 412 g/mol. The maximum Gasteiger partial charge on any atom is 0.251 e. The van der Waals surface area contributed by atoms with E-state index in [2.05, 4.69) is 58.1 Å². The van der Waals surface area contributed by atoms with Crippen molar-refractivity contribution in [2.45, 2.75) is 19.9 Å². The summed E-state index contributed by atoms with van der Waals surface area (Å²) in [5, 5.41) is 15.5.